The van der Waals surface area contributed by atoms with Crippen LogP contribution in [0.5, 0.6) is 5.75 Å². The molecule has 27 heavy (non-hydrogen) atoms. The molecule has 1 aliphatic heterocycles. The third kappa shape index (κ3) is 4.58. The van der Waals surface area contributed by atoms with E-state index < -0.39 is 12.2 Å². The molecule has 2 aromatic carbocycles. The van der Waals surface area contributed by atoms with Crippen LogP contribution in [0.3, 0.4) is 0 Å². The van der Waals surface area contributed by atoms with Crippen LogP contribution in [-0.4, -0.2) is 43.3 Å². The molecule has 1 saturated heterocycles. The van der Waals surface area contributed by atoms with Crippen LogP contribution < -0.4 is 4.74 Å². The number of ether oxygens (including phenoxy) is 3. The summed E-state index contributed by atoms with van der Waals surface area (Å²) >= 11 is 0. The Kier molecular flexibility index (Phi) is 5.96. The molecule has 0 spiro atoms. The number of esters is 1. The van der Waals surface area contributed by atoms with Crippen LogP contribution in [0, 0.1) is 0 Å². The highest BCUT2D eigenvalue weighted by Crippen LogP contribution is 2.33. The molecule has 0 radical (unpaired) electrons. The van der Waals surface area contributed by atoms with E-state index >= 15 is 0 Å². The zero-order valence-corrected chi connectivity index (χ0v) is 15.5. The van der Waals surface area contributed by atoms with Crippen molar-refractivity contribution in [3.63, 3.8) is 0 Å². The number of cyclic esters (lactones) is 1. The molecule has 1 fully saturated rings. The van der Waals surface area contributed by atoms with Gasteiger partial charge >= 0.3 is 12.1 Å². The smallest absolute Gasteiger partial charge is 0.410 e. The molecule has 3 rings (SSSR count). The largest absolute Gasteiger partial charge is 0.497 e. The molecule has 1 amide bonds. The maximum absolute atomic E-state index is 12.5. The van der Waals surface area contributed by atoms with E-state index in [1.165, 1.54) is 6.92 Å². The number of carbonyl (C=O) groups is 2. The number of hydrogen-bond acceptors (Lipinski definition) is 5. The highest BCUT2D eigenvalue weighted by molar-refractivity contribution is 5.71. The molecule has 142 valence electrons. The zero-order chi connectivity index (χ0) is 19.2. The maximum atomic E-state index is 12.5. The SMILES string of the molecule is COc1ccc(C2OC(=O)N(CCc3ccccc3)C2COC(C)=O)cc1. The second kappa shape index (κ2) is 8.58. The monoisotopic (exact) mass is 369 g/mol. The van der Waals surface area contributed by atoms with Crippen molar-refractivity contribution in [3.8, 4) is 5.75 Å². The Morgan fingerprint density at radius 1 is 1.11 bits per heavy atom. The van der Waals surface area contributed by atoms with E-state index in [9.17, 15) is 9.59 Å². The predicted molar refractivity (Wildman–Crippen MR) is 99.5 cm³/mol. The van der Waals surface area contributed by atoms with Gasteiger partial charge < -0.3 is 14.2 Å². The topological polar surface area (TPSA) is 65.1 Å². The van der Waals surface area contributed by atoms with Crippen molar-refractivity contribution < 1.29 is 23.8 Å². The molecule has 0 N–H and O–H groups in total. The summed E-state index contributed by atoms with van der Waals surface area (Å²) in [5.41, 5.74) is 1.97. The average Bonchev–Trinajstić information content (AvgIpc) is 3.01. The predicted octanol–water partition coefficient (Wildman–Crippen LogP) is 3.36. The van der Waals surface area contributed by atoms with Gasteiger partial charge in [0.2, 0.25) is 0 Å². The van der Waals surface area contributed by atoms with Crippen LogP contribution in [0.2, 0.25) is 0 Å². The van der Waals surface area contributed by atoms with Crippen molar-refractivity contribution in [1.82, 2.24) is 4.90 Å². The first-order valence-electron chi connectivity index (χ1n) is 8.87. The van der Waals surface area contributed by atoms with E-state index in [1.807, 2.05) is 54.6 Å². The molecule has 2 aromatic rings. The lowest BCUT2D eigenvalue weighted by Gasteiger charge is -2.24. The van der Waals surface area contributed by atoms with Crippen LogP contribution in [0.25, 0.3) is 0 Å². The van der Waals surface area contributed by atoms with Crippen LogP contribution in [0.1, 0.15) is 24.2 Å². The summed E-state index contributed by atoms with van der Waals surface area (Å²) < 4.78 is 16.0. The Balaban J connectivity index is 1.78. The first kappa shape index (κ1) is 18.8. The van der Waals surface area contributed by atoms with Crippen LogP contribution >= 0.6 is 0 Å². The van der Waals surface area contributed by atoms with Crippen LogP contribution in [0.15, 0.2) is 54.6 Å². The molecule has 0 aromatic heterocycles. The van der Waals surface area contributed by atoms with Gasteiger partial charge in [0, 0.05) is 13.5 Å². The molecule has 0 bridgehead atoms. The second-order valence-electron chi connectivity index (χ2n) is 6.38. The fourth-order valence-corrected chi connectivity index (χ4v) is 3.17. The molecule has 0 saturated carbocycles. The summed E-state index contributed by atoms with van der Waals surface area (Å²) in [5.74, 6) is 0.339. The maximum Gasteiger partial charge on any atom is 0.410 e. The second-order valence-corrected chi connectivity index (χ2v) is 6.38. The van der Waals surface area contributed by atoms with Gasteiger partial charge in [-0.05, 0) is 29.7 Å². The normalized spacial score (nSPS) is 18.9. The van der Waals surface area contributed by atoms with E-state index in [2.05, 4.69) is 0 Å². The quantitative estimate of drug-likeness (QED) is 0.700. The first-order chi connectivity index (χ1) is 13.1. The summed E-state index contributed by atoms with van der Waals surface area (Å²) in [6, 6.07) is 16.9. The Morgan fingerprint density at radius 3 is 2.44 bits per heavy atom. The van der Waals surface area contributed by atoms with Crippen molar-refractivity contribution in [3.05, 3.63) is 65.7 Å². The van der Waals surface area contributed by atoms with Crippen molar-refractivity contribution in [2.75, 3.05) is 20.3 Å². The highest BCUT2D eigenvalue weighted by atomic mass is 16.6. The Hall–Kier alpha value is -3.02. The zero-order valence-electron chi connectivity index (χ0n) is 15.5. The number of nitrogens with zero attached hydrogens (tertiary/aromatic N) is 1. The van der Waals surface area contributed by atoms with Crippen molar-refractivity contribution in [2.24, 2.45) is 0 Å². The van der Waals surface area contributed by atoms with Crippen molar-refractivity contribution >= 4 is 12.1 Å². The molecular weight excluding hydrogens is 346 g/mol. The molecule has 1 aliphatic rings. The standard InChI is InChI=1S/C21H23NO5/c1-15(23)26-14-19-20(17-8-10-18(25-2)11-9-17)27-21(24)22(19)13-12-16-6-4-3-5-7-16/h3-11,19-20H,12-14H2,1-2H3. The molecule has 2 atom stereocenters. The number of carbonyl (C=O) groups excluding carboxylic acids is 2. The van der Waals surface area contributed by atoms with Gasteiger partial charge in [-0.1, -0.05) is 42.5 Å². The summed E-state index contributed by atoms with van der Waals surface area (Å²) in [4.78, 5) is 25.5. The molecule has 6 heteroatoms. The number of methoxy groups -OCH3 is 1. The Bertz CT molecular complexity index is 775. The lowest BCUT2D eigenvalue weighted by Crippen LogP contribution is -2.39. The minimum absolute atomic E-state index is 0.0898. The van der Waals surface area contributed by atoms with Gasteiger partial charge in [-0.3, -0.25) is 9.69 Å². The van der Waals surface area contributed by atoms with E-state index in [0.717, 1.165) is 16.9 Å². The third-order valence-electron chi connectivity index (χ3n) is 4.60. The van der Waals surface area contributed by atoms with Gasteiger partial charge in [-0.25, -0.2) is 4.79 Å². The van der Waals surface area contributed by atoms with Crippen LogP contribution in [0.4, 0.5) is 4.79 Å². The lowest BCUT2D eigenvalue weighted by atomic mass is 10.0. The molecule has 1 heterocycles. The first-order valence-corrected chi connectivity index (χ1v) is 8.87. The van der Waals surface area contributed by atoms with Gasteiger partial charge in [-0.2, -0.15) is 0 Å². The summed E-state index contributed by atoms with van der Waals surface area (Å²) in [5, 5.41) is 0. The van der Waals surface area contributed by atoms with Gasteiger partial charge in [0.05, 0.1) is 7.11 Å². The van der Waals surface area contributed by atoms with E-state index in [4.69, 9.17) is 14.2 Å². The number of amides is 1. The highest BCUT2D eigenvalue weighted by Gasteiger charge is 2.43. The van der Waals surface area contributed by atoms with Crippen molar-refractivity contribution in [2.45, 2.75) is 25.5 Å². The van der Waals surface area contributed by atoms with Gasteiger partial charge in [0.15, 0.2) is 6.10 Å². The van der Waals surface area contributed by atoms with Crippen molar-refractivity contribution in [1.29, 1.82) is 0 Å². The van der Waals surface area contributed by atoms with E-state index in [1.54, 1.807) is 12.0 Å². The number of hydrogen-bond donors (Lipinski definition) is 0. The fraction of sp³-hybridized carbons (Fsp3) is 0.333. The minimum Gasteiger partial charge on any atom is -0.497 e. The number of rotatable bonds is 7. The Labute approximate surface area is 158 Å². The van der Waals surface area contributed by atoms with Gasteiger partial charge in [0.1, 0.15) is 18.4 Å². The summed E-state index contributed by atoms with van der Waals surface area (Å²) in [7, 11) is 1.60. The number of benzene rings is 2. The van der Waals surface area contributed by atoms with Gasteiger partial charge in [-0.15, -0.1) is 0 Å². The molecule has 0 aliphatic carbocycles. The van der Waals surface area contributed by atoms with E-state index in [-0.39, 0.29) is 18.6 Å². The average molecular weight is 369 g/mol. The summed E-state index contributed by atoms with van der Waals surface area (Å²) in [6.07, 6.45) is -0.204. The van der Waals surface area contributed by atoms with Gasteiger partial charge in [0.25, 0.3) is 0 Å². The minimum atomic E-state index is -0.501. The summed E-state index contributed by atoms with van der Waals surface area (Å²) in [6.45, 7) is 1.93. The lowest BCUT2D eigenvalue weighted by molar-refractivity contribution is -0.142. The molecule has 6 nitrogen and oxygen atoms in total. The fourth-order valence-electron chi connectivity index (χ4n) is 3.17. The molecular formula is C21H23NO5. The van der Waals surface area contributed by atoms with Crippen LogP contribution in [-0.2, 0) is 20.7 Å². The third-order valence-corrected chi connectivity index (χ3v) is 4.60. The Morgan fingerprint density at radius 2 is 1.81 bits per heavy atom. The molecule has 2 unspecified atom stereocenters. The van der Waals surface area contributed by atoms with E-state index in [0.29, 0.717) is 13.0 Å².